The average molecular weight is 506 g/mol. The molecule has 10 nitrogen and oxygen atoms in total. The Kier molecular flexibility index (Phi) is 6.29. The first-order valence-corrected chi connectivity index (χ1v) is 12.5. The number of hydrogen-bond donors (Lipinski definition) is 1. The van der Waals surface area contributed by atoms with E-state index < -0.39 is 0 Å². The number of pyridine rings is 2. The summed E-state index contributed by atoms with van der Waals surface area (Å²) in [6.07, 6.45) is 3.45. The molecule has 1 aliphatic heterocycles. The quantitative estimate of drug-likeness (QED) is 0.369. The average Bonchev–Trinajstić information content (AvgIpc) is 3.61. The Morgan fingerprint density at radius 2 is 1.97 bits per heavy atom. The summed E-state index contributed by atoms with van der Waals surface area (Å²) in [5, 5.41) is 13.9. The number of ether oxygens (including phenoxy) is 1. The molecular formula is C28H27N9O. The molecule has 0 bridgehead atoms. The van der Waals surface area contributed by atoms with Gasteiger partial charge in [0.25, 0.3) is 0 Å². The van der Waals surface area contributed by atoms with Crippen molar-refractivity contribution in [2.24, 2.45) is 0 Å². The minimum absolute atomic E-state index is 0.599. The molecule has 0 atom stereocenters. The Morgan fingerprint density at radius 3 is 2.79 bits per heavy atom. The van der Waals surface area contributed by atoms with E-state index >= 15 is 0 Å². The first-order chi connectivity index (χ1) is 18.6. The largest absolute Gasteiger partial charge is 0.379 e. The maximum absolute atomic E-state index is 9.63. The molecule has 5 aromatic rings. The molecular weight excluding hydrogens is 478 g/mol. The summed E-state index contributed by atoms with van der Waals surface area (Å²) in [6.45, 7) is 5.94. The van der Waals surface area contributed by atoms with Crippen molar-refractivity contribution in [1.29, 1.82) is 5.26 Å². The lowest BCUT2D eigenvalue weighted by atomic mass is 10.1. The van der Waals surface area contributed by atoms with Gasteiger partial charge in [-0.2, -0.15) is 10.4 Å². The molecule has 1 aromatic carbocycles. The number of nitrogens with zero attached hydrogens (tertiary/aromatic N) is 8. The van der Waals surface area contributed by atoms with Crippen LogP contribution < -0.4 is 4.90 Å². The molecule has 0 spiro atoms. The van der Waals surface area contributed by atoms with Crippen LogP contribution in [0.15, 0.2) is 61.1 Å². The smallest absolute Gasteiger partial charge is 0.208 e. The molecule has 1 saturated heterocycles. The van der Waals surface area contributed by atoms with Gasteiger partial charge in [-0.1, -0.05) is 12.1 Å². The van der Waals surface area contributed by atoms with Crippen LogP contribution in [-0.2, 0) is 11.3 Å². The highest BCUT2D eigenvalue weighted by Crippen LogP contribution is 2.35. The van der Waals surface area contributed by atoms with Crippen LogP contribution in [0.2, 0.25) is 0 Å². The molecule has 1 aliphatic rings. The second-order valence-electron chi connectivity index (χ2n) is 9.33. The minimum atomic E-state index is 0.599. The van der Waals surface area contributed by atoms with E-state index in [1.165, 1.54) is 6.33 Å². The molecule has 1 fully saturated rings. The predicted octanol–water partition coefficient (Wildman–Crippen LogP) is 3.96. The monoisotopic (exact) mass is 505 g/mol. The number of hydrogen-bond acceptors (Lipinski definition) is 8. The molecule has 0 amide bonds. The fraction of sp³-hybridized carbons (Fsp3) is 0.250. The minimum Gasteiger partial charge on any atom is -0.379 e. The van der Waals surface area contributed by atoms with Gasteiger partial charge in [-0.25, -0.2) is 14.5 Å². The highest BCUT2D eigenvalue weighted by Gasteiger charge is 2.22. The summed E-state index contributed by atoms with van der Waals surface area (Å²) in [4.78, 5) is 22.0. The molecule has 5 heterocycles. The lowest BCUT2D eigenvalue weighted by Gasteiger charge is -2.29. The predicted molar refractivity (Wildman–Crippen MR) is 144 cm³/mol. The maximum Gasteiger partial charge on any atom is 0.208 e. The topological polar surface area (TPSA) is 111 Å². The van der Waals surface area contributed by atoms with Crippen LogP contribution in [0, 0.1) is 18.3 Å². The van der Waals surface area contributed by atoms with E-state index in [4.69, 9.17) is 14.7 Å². The molecule has 10 heteroatoms. The second kappa shape index (κ2) is 10.0. The number of aromatic amines is 1. The van der Waals surface area contributed by atoms with Crippen LogP contribution in [0.1, 0.15) is 16.8 Å². The number of anilines is 2. The van der Waals surface area contributed by atoms with Crippen LogP contribution in [0.3, 0.4) is 0 Å². The van der Waals surface area contributed by atoms with E-state index in [0.29, 0.717) is 11.5 Å². The second-order valence-corrected chi connectivity index (χ2v) is 9.33. The van der Waals surface area contributed by atoms with Crippen molar-refractivity contribution in [2.45, 2.75) is 13.5 Å². The molecule has 4 aromatic heterocycles. The number of aromatic nitrogens is 6. The van der Waals surface area contributed by atoms with E-state index in [9.17, 15) is 5.26 Å². The summed E-state index contributed by atoms with van der Waals surface area (Å²) in [7, 11) is 1.97. The van der Waals surface area contributed by atoms with Gasteiger partial charge in [0.05, 0.1) is 36.2 Å². The van der Waals surface area contributed by atoms with Gasteiger partial charge in [0, 0.05) is 49.8 Å². The van der Waals surface area contributed by atoms with Crippen LogP contribution in [0.5, 0.6) is 0 Å². The van der Waals surface area contributed by atoms with Crippen LogP contribution >= 0.6 is 0 Å². The van der Waals surface area contributed by atoms with Gasteiger partial charge < -0.3 is 14.6 Å². The fourth-order valence-corrected chi connectivity index (χ4v) is 4.75. The van der Waals surface area contributed by atoms with Crippen LogP contribution in [0.25, 0.3) is 28.3 Å². The van der Waals surface area contributed by atoms with Crippen LogP contribution in [0.4, 0.5) is 11.6 Å². The van der Waals surface area contributed by atoms with Crippen molar-refractivity contribution in [3.8, 4) is 28.7 Å². The SMILES string of the molecule is Cc1cccc(-c2[nH]c(N(C)c3cc(C#N)ccc3CN3CCOCC3)nc2-c2ccc3ncnn3c2)n1. The summed E-state index contributed by atoms with van der Waals surface area (Å²) in [5.74, 6) is 0.648. The van der Waals surface area contributed by atoms with E-state index in [1.54, 1.807) is 4.52 Å². The van der Waals surface area contributed by atoms with E-state index in [-0.39, 0.29) is 0 Å². The van der Waals surface area contributed by atoms with Gasteiger partial charge >= 0.3 is 0 Å². The number of morpholine rings is 1. The number of H-pyrrole nitrogens is 1. The number of fused-ring (bicyclic) bond motifs is 1. The van der Waals surface area contributed by atoms with Crippen molar-refractivity contribution in [2.75, 3.05) is 38.3 Å². The first kappa shape index (κ1) is 23.8. The Bertz CT molecular complexity index is 1640. The molecule has 1 N–H and O–H groups in total. The molecule has 0 radical (unpaired) electrons. The molecule has 0 unspecified atom stereocenters. The number of nitriles is 1. The highest BCUT2D eigenvalue weighted by molar-refractivity contribution is 5.80. The fourth-order valence-electron chi connectivity index (χ4n) is 4.75. The third kappa shape index (κ3) is 4.61. The van der Waals surface area contributed by atoms with E-state index in [1.807, 2.05) is 73.6 Å². The highest BCUT2D eigenvalue weighted by atomic mass is 16.5. The lowest BCUT2D eigenvalue weighted by Crippen LogP contribution is -2.36. The van der Waals surface area contributed by atoms with Gasteiger partial charge in [0.2, 0.25) is 5.95 Å². The first-order valence-electron chi connectivity index (χ1n) is 12.5. The number of aryl methyl sites for hydroxylation is 1. The van der Waals surface area contributed by atoms with Gasteiger partial charge in [0.15, 0.2) is 5.65 Å². The number of imidazole rings is 1. The zero-order valence-corrected chi connectivity index (χ0v) is 21.3. The Balaban J connectivity index is 1.45. The van der Waals surface area contributed by atoms with Gasteiger partial charge in [-0.3, -0.25) is 9.88 Å². The lowest BCUT2D eigenvalue weighted by molar-refractivity contribution is 0.0342. The molecule has 0 saturated carbocycles. The molecule has 6 rings (SSSR count). The summed E-state index contributed by atoms with van der Waals surface area (Å²) in [5.41, 5.74) is 7.56. The Labute approximate surface area is 220 Å². The van der Waals surface area contributed by atoms with Gasteiger partial charge in [0.1, 0.15) is 12.0 Å². The zero-order chi connectivity index (χ0) is 26.1. The standard InChI is InChI=1S/C28H27N9O/c1-19-4-3-5-23(32-19)27-26(22-8-9-25-30-18-31-37(25)17-22)33-28(34-27)35(2)24-14-20(15-29)6-7-21(24)16-36-10-12-38-13-11-36/h3-9,14,17-18H,10-13,16H2,1-2H3,(H,33,34). The van der Waals surface area contributed by atoms with Gasteiger partial charge in [-0.15, -0.1) is 0 Å². The van der Waals surface area contributed by atoms with E-state index in [0.717, 1.165) is 78.1 Å². The van der Waals surface area contributed by atoms with Crippen molar-refractivity contribution in [3.05, 3.63) is 77.9 Å². The van der Waals surface area contributed by atoms with Crippen molar-refractivity contribution >= 4 is 17.3 Å². The summed E-state index contributed by atoms with van der Waals surface area (Å²) < 4.78 is 7.26. The summed E-state index contributed by atoms with van der Waals surface area (Å²) in [6, 6.07) is 17.9. The molecule has 38 heavy (non-hydrogen) atoms. The van der Waals surface area contributed by atoms with Crippen molar-refractivity contribution in [1.82, 2.24) is 34.4 Å². The number of rotatable bonds is 6. The molecule has 190 valence electrons. The van der Waals surface area contributed by atoms with E-state index in [2.05, 4.69) is 26.0 Å². The third-order valence-corrected chi connectivity index (χ3v) is 6.77. The Hall–Kier alpha value is -4.59. The normalized spacial score (nSPS) is 14.0. The van der Waals surface area contributed by atoms with Crippen molar-refractivity contribution < 1.29 is 4.74 Å². The van der Waals surface area contributed by atoms with Crippen LogP contribution in [-0.4, -0.2) is 67.8 Å². The Morgan fingerprint density at radius 1 is 1.11 bits per heavy atom. The summed E-state index contributed by atoms with van der Waals surface area (Å²) >= 11 is 0. The third-order valence-electron chi connectivity index (χ3n) is 6.77. The molecule has 0 aliphatic carbocycles. The van der Waals surface area contributed by atoms with Crippen molar-refractivity contribution in [3.63, 3.8) is 0 Å². The van der Waals surface area contributed by atoms with Gasteiger partial charge in [-0.05, 0) is 48.9 Å². The number of nitrogens with one attached hydrogen (secondary N) is 1. The number of benzene rings is 1. The maximum atomic E-state index is 9.63. The zero-order valence-electron chi connectivity index (χ0n) is 21.3.